The van der Waals surface area contributed by atoms with Gasteiger partial charge in [-0.1, -0.05) is 91.0 Å². The molecule has 1 amide bonds. The maximum atomic E-state index is 13.6. The molecule has 2 heterocycles. The zero-order valence-electron chi connectivity index (χ0n) is 21.6. The summed E-state index contributed by atoms with van der Waals surface area (Å²) in [6.45, 7) is 1.58. The van der Waals surface area contributed by atoms with Crippen LogP contribution in [0, 0.1) is 0 Å². The predicted molar refractivity (Wildman–Crippen MR) is 155 cm³/mol. The zero-order valence-corrected chi connectivity index (χ0v) is 21.6. The number of hydrogen-bond acceptors (Lipinski definition) is 3. The number of pyridine rings is 1. The minimum Gasteiger partial charge on any atom is -0.339 e. The summed E-state index contributed by atoms with van der Waals surface area (Å²) in [5.41, 5.74) is 4.66. The van der Waals surface area contributed by atoms with Crippen LogP contribution in [0.5, 0.6) is 0 Å². The fraction of sp³-hybridized carbons (Fsp3) is 0.235. The quantitative estimate of drug-likeness (QED) is 0.285. The fourth-order valence-electron chi connectivity index (χ4n) is 5.83. The molecule has 4 heteroatoms. The molecule has 0 aliphatic carbocycles. The number of nitrogens with one attached hydrogen (secondary N) is 1. The molecule has 1 N–H and O–H groups in total. The van der Waals surface area contributed by atoms with Crippen molar-refractivity contribution in [2.75, 3.05) is 6.54 Å². The Morgan fingerprint density at radius 1 is 0.842 bits per heavy atom. The van der Waals surface area contributed by atoms with Crippen LogP contribution in [-0.2, 0) is 24.2 Å². The molecular weight excluding hydrogens is 466 g/mol. The van der Waals surface area contributed by atoms with Crippen LogP contribution in [-0.4, -0.2) is 34.4 Å². The largest absolute Gasteiger partial charge is 0.339 e. The van der Waals surface area contributed by atoms with Crippen molar-refractivity contribution in [3.8, 4) is 0 Å². The molecule has 0 spiro atoms. The molecule has 1 aliphatic rings. The van der Waals surface area contributed by atoms with Gasteiger partial charge in [0.05, 0.1) is 11.9 Å². The van der Waals surface area contributed by atoms with E-state index in [-0.39, 0.29) is 11.9 Å². The highest BCUT2D eigenvalue weighted by atomic mass is 16.2. The number of fused-ring (bicyclic) bond motifs is 2. The number of hydrogen-bond donors (Lipinski definition) is 1. The number of amides is 1. The average molecular weight is 500 g/mol. The van der Waals surface area contributed by atoms with Gasteiger partial charge >= 0.3 is 0 Å². The van der Waals surface area contributed by atoms with Gasteiger partial charge in [0.25, 0.3) is 0 Å². The molecule has 6 rings (SSSR count). The molecule has 2 atom stereocenters. The van der Waals surface area contributed by atoms with Gasteiger partial charge in [-0.2, -0.15) is 0 Å². The molecule has 0 unspecified atom stereocenters. The first-order valence-corrected chi connectivity index (χ1v) is 13.6. The molecule has 0 bridgehead atoms. The Hall–Kier alpha value is -4.02. The van der Waals surface area contributed by atoms with Gasteiger partial charge in [0.1, 0.15) is 0 Å². The predicted octanol–water partition coefficient (Wildman–Crippen LogP) is 6.32. The van der Waals surface area contributed by atoms with E-state index in [1.54, 1.807) is 0 Å². The molecule has 38 heavy (non-hydrogen) atoms. The Bertz CT molecular complexity index is 1540. The number of carbonyl (C=O) groups excluding carboxylic acids is 1. The molecule has 190 valence electrons. The van der Waals surface area contributed by atoms with Crippen LogP contribution >= 0.6 is 0 Å². The highest BCUT2D eigenvalue weighted by Gasteiger charge is 2.31. The monoisotopic (exact) mass is 499 g/mol. The SMILES string of the molecule is O=C(Cc1ccc2ccccc2c1)N1CC[C@H](NCc2ccnc3ccccc23)C[C@H]1Cc1ccccc1. The van der Waals surface area contributed by atoms with E-state index in [0.29, 0.717) is 12.5 Å². The zero-order chi connectivity index (χ0) is 25.7. The van der Waals surface area contributed by atoms with Gasteiger partial charge in [0.15, 0.2) is 0 Å². The van der Waals surface area contributed by atoms with Gasteiger partial charge in [-0.15, -0.1) is 0 Å². The minimum absolute atomic E-state index is 0.172. The Morgan fingerprint density at radius 3 is 2.53 bits per heavy atom. The van der Waals surface area contributed by atoms with E-state index in [0.717, 1.165) is 43.4 Å². The number of benzene rings is 4. The van der Waals surface area contributed by atoms with Crippen LogP contribution in [0.25, 0.3) is 21.7 Å². The Balaban J connectivity index is 1.17. The minimum atomic E-state index is 0.172. The number of aromatic nitrogens is 1. The van der Waals surface area contributed by atoms with Crippen LogP contribution < -0.4 is 5.32 Å². The summed E-state index contributed by atoms with van der Waals surface area (Å²) in [7, 11) is 0. The molecular formula is C34H33N3O. The summed E-state index contributed by atoms with van der Waals surface area (Å²) in [5.74, 6) is 0.222. The maximum Gasteiger partial charge on any atom is 0.227 e. The molecule has 0 radical (unpaired) electrons. The summed E-state index contributed by atoms with van der Waals surface area (Å²) in [6.07, 6.45) is 5.11. The molecule has 0 saturated carbocycles. The second-order valence-electron chi connectivity index (χ2n) is 10.4. The van der Waals surface area contributed by atoms with Gasteiger partial charge in [-0.25, -0.2) is 0 Å². The van der Waals surface area contributed by atoms with Crippen molar-refractivity contribution in [3.05, 3.63) is 126 Å². The summed E-state index contributed by atoms with van der Waals surface area (Å²) in [4.78, 5) is 20.3. The lowest BCUT2D eigenvalue weighted by Gasteiger charge is -2.40. The topological polar surface area (TPSA) is 45.2 Å². The second kappa shape index (κ2) is 11.2. The summed E-state index contributed by atoms with van der Waals surface area (Å²) in [5, 5.41) is 7.40. The number of piperidine rings is 1. The van der Waals surface area contributed by atoms with Crippen molar-refractivity contribution in [1.29, 1.82) is 0 Å². The molecule has 1 saturated heterocycles. The van der Waals surface area contributed by atoms with Crippen molar-refractivity contribution in [2.24, 2.45) is 0 Å². The first kappa shape index (κ1) is 24.3. The lowest BCUT2D eigenvalue weighted by atomic mass is 9.91. The van der Waals surface area contributed by atoms with Crippen LogP contribution in [0.4, 0.5) is 0 Å². The lowest BCUT2D eigenvalue weighted by Crippen LogP contribution is -2.52. The van der Waals surface area contributed by atoms with E-state index in [1.807, 2.05) is 12.3 Å². The molecule has 4 nitrogen and oxygen atoms in total. The number of likely N-dealkylation sites (tertiary alicyclic amines) is 1. The van der Waals surface area contributed by atoms with Crippen LogP contribution in [0.1, 0.15) is 29.5 Å². The fourth-order valence-corrected chi connectivity index (χ4v) is 5.83. The standard InChI is InChI=1S/C34H33N3O/c38-34(22-26-14-15-27-10-4-5-11-28(27)20-26)37-19-17-30(23-31(37)21-25-8-2-1-3-9-25)36-24-29-16-18-35-33-13-7-6-12-32(29)33/h1-16,18,20,30-31,36H,17,19,21-24H2/t30-,31+/m0/s1. The van der Waals surface area contributed by atoms with Crippen molar-refractivity contribution >= 4 is 27.6 Å². The van der Waals surface area contributed by atoms with Crippen molar-refractivity contribution in [3.63, 3.8) is 0 Å². The average Bonchev–Trinajstić information content (AvgIpc) is 2.96. The Morgan fingerprint density at radius 2 is 1.63 bits per heavy atom. The highest BCUT2D eigenvalue weighted by Crippen LogP contribution is 2.25. The number of carbonyl (C=O) groups is 1. The molecule has 4 aromatic carbocycles. The Labute approximate surface area is 224 Å². The summed E-state index contributed by atoms with van der Waals surface area (Å²) < 4.78 is 0. The normalized spacial score (nSPS) is 17.6. The number of para-hydroxylation sites is 1. The van der Waals surface area contributed by atoms with E-state index in [9.17, 15) is 4.79 Å². The van der Waals surface area contributed by atoms with Gasteiger partial charge in [0, 0.05) is 36.8 Å². The molecule has 1 aromatic heterocycles. The smallest absolute Gasteiger partial charge is 0.227 e. The first-order valence-electron chi connectivity index (χ1n) is 13.6. The lowest BCUT2D eigenvalue weighted by molar-refractivity contribution is -0.134. The Kier molecular flexibility index (Phi) is 7.14. The van der Waals surface area contributed by atoms with Crippen LogP contribution in [0.3, 0.4) is 0 Å². The van der Waals surface area contributed by atoms with E-state index < -0.39 is 0 Å². The molecule has 1 aliphatic heterocycles. The van der Waals surface area contributed by atoms with Crippen LogP contribution in [0.15, 0.2) is 109 Å². The third-order valence-electron chi connectivity index (χ3n) is 7.84. The van der Waals surface area contributed by atoms with Gasteiger partial charge in [-0.05, 0) is 58.9 Å². The van der Waals surface area contributed by atoms with Gasteiger partial charge < -0.3 is 10.2 Å². The van der Waals surface area contributed by atoms with Gasteiger partial charge in [-0.3, -0.25) is 9.78 Å². The maximum absolute atomic E-state index is 13.6. The van der Waals surface area contributed by atoms with E-state index in [1.165, 1.54) is 27.3 Å². The van der Waals surface area contributed by atoms with E-state index >= 15 is 0 Å². The molecule has 5 aromatic rings. The number of rotatable bonds is 7. The summed E-state index contributed by atoms with van der Waals surface area (Å²) >= 11 is 0. The van der Waals surface area contributed by atoms with Crippen molar-refractivity contribution in [2.45, 2.75) is 44.3 Å². The van der Waals surface area contributed by atoms with Crippen LogP contribution in [0.2, 0.25) is 0 Å². The van der Waals surface area contributed by atoms with Crippen molar-refractivity contribution < 1.29 is 4.79 Å². The third kappa shape index (κ3) is 5.46. The second-order valence-corrected chi connectivity index (χ2v) is 10.4. The highest BCUT2D eigenvalue weighted by molar-refractivity contribution is 5.85. The number of nitrogens with zero attached hydrogens (tertiary/aromatic N) is 2. The third-order valence-corrected chi connectivity index (χ3v) is 7.84. The summed E-state index contributed by atoms with van der Waals surface area (Å²) in [6, 6.07) is 36.2. The van der Waals surface area contributed by atoms with E-state index in [2.05, 4.69) is 112 Å². The molecule has 1 fully saturated rings. The van der Waals surface area contributed by atoms with E-state index in [4.69, 9.17) is 0 Å². The van der Waals surface area contributed by atoms with Gasteiger partial charge in [0.2, 0.25) is 5.91 Å². The first-order chi connectivity index (χ1) is 18.7. The van der Waals surface area contributed by atoms with Crippen molar-refractivity contribution in [1.82, 2.24) is 15.2 Å².